The molecule has 2 nitrogen and oxygen atoms in total. The molecule has 1 aromatic rings. The number of thioether (sulfide) groups is 1. The van der Waals surface area contributed by atoms with Crippen molar-refractivity contribution in [1.82, 2.24) is 4.90 Å². The third-order valence-corrected chi connectivity index (χ3v) is 5.00. The molecule has 100 valence electrons. The van der Waals surface area contributed by atoms with Crippen molar-refractivity contribution in [2.24, 2.45) is 5.73 Å². The number of nitrogens with two attached hydrogens (primary N) is 1. The standard InChI is InChI=1S/C15H24N2S/c1-17(2)10-11-18-14-9-5-7-12-6-3-4-8-13(12)15(14)16/h3-4,6,8,14-15H,5,7,9-11,16H2,1-2H3. The normalized spacial score (nSPS) is 23.8. The molecule has 0 aromatic heterocycles. The minimum Gasteiger partial charge on any atom is -0.323 e. The smallest absolute Gasteiger partial charge is 0.0418 e. The molecule has 2 unspecified atom stereocenters. The molecule has 2 N–H and O–H groups in total. The highest BCUT2D eigenvalue weighted by atomic mass is 32.2. The maximum Gasteiger partial charge on any atom is 0.0418 e. The van der Waals surface area contributed by atoms with E-state index in [1.54, 1.807) is 0 Å². The van der Waals surface area contributed by atoms with Crippen molar-refractivity contribution in [3.05, 3.63) is 35.4 Å². The third kappa shape index (κ3) is 3.50. The quantitative estimate of drug-likeness (QED) is 0.848. The van der Waals surface area contributed by atoms with Crippen LogP contribution in [0.3, 0.4) is 0 Å². The van der Waals surface area contributed by atoms with Gasteiger partial charge in [-0.15, -0.1) is 0 Å². The molecular formula is C15H24N2S. The van der Waals surface area contributed by atoms with Gasteiger partial charge in [-0.1, -0.05) is 24.3 Å². The summed E-state index contributed by atoms with van der Waals surface area (Å²) in [4.78, 5) is 2.24. The minimum absolute atomic E-state index is 0.205. The van der Waals surface area contributed by atoms with E-state index in [2.05, 4.69) is 43.3 Å². The van der Waals surface area contributed by atoms with Gasteiger partial charge in [0.05, 0.1) is 0 Å². The van der Waals surface area contributed by atoms with Crippen LogP contribution in [0.25, 0.3) is 0 Å². The van der Waals surface area contributed by atoms with E-state index in [1.165, 1.54) is 36.1 Å². The summed E-state index contributed by atoms with van der Waals surface area (Å²) in [6.45, 7) is 1.13. The van der Waals surface area contributed by atoms with Gasteiger partial charge in [-0.3, -0.25) is 0 Å². The van der Waals surface area contributed by atoms with Crippen LogP contribution in [0.4, 0.5) is 0 Å². The summed E-state index contributed by atoms with van der Waals surface area (Å²) in [5, 5.41) is 0.577. The molecule has 2 atom stereocenters. The van der Waals surface area contributed by atoms with Crippen molar-refractivity contribution in [3.63, 3.8) is 0 Å². The molecule has 1 aromatic carbocycles. The molecule has 1 aliphatic carbocycles. The van der Waals surface area contributed by atoms with Gasteiger partial charge in [0.2, 0.25) is 0 Å². The summed E-state index contributed by atoms with van der Waals surface area (Å²) in [6.07, 6.45) is 3.70. The van der Waals surface area contributed by atoms with E-state index < -0.39 is 0 Å². The average molecular weight is 264 g/mol. The van der Waals surface area contributed by atoms with E-state index in [0.717, 1.165) is 6.54 Å². The summed E-state index contributed by atoms with van der Waals surface area (Å²) in [6, 6.07) is 8.90. The number of hydrogen-bond acceptors (Lipinski definition) is 3. The van der Waals surface area contributed by atoms with Crippen LogP contribution in [-0.4, -0.2) is 36.5 Å². The van der Waals surface area contributed by atoms with Crippen molar-refractivity contribution in [2.75, 3.05) is 26.4 Å². The van der Waals surface area contributed by atoms with Gasteiger partial charge in [-0.2, -0.15) is 11.8 Å². The Hall–Kier alpha value is -0.510. The molecule has 0 saturated heterocycles. The Morgan fingerprint density at radius 1 is 1.33 bits per heavy atom. The third-order valence-electron chi connectivity index (χ3n) is 3.62. The highest BCUT2D eigenvalue weighted by Gasteiger charge is 2.24. The Morgan fingerprint density at radius 2 is 2.11 bits per heavy atom. The Kier molecular flexibility index (Phi) is 5.10. The second kappa shape index (κ2) is 6.60. The molecule has 18 heavy (non-hydrogen) atoms. The maximum atomic E-state index is 6.47. The summed E-state index contributed by atoms with van der Waals surface area (Å²) < 4.78 is 0. The van der Waals surface area contributed by atoms with Crippen molar-refractivity contribution < 1.29 is 0 Å². The van der Waals surface area contributed by atoms with Crippen LogP contribution in [0.2, 0.25) is 0 Å². The van der Waals surface area contributed by atoms with Crippen LogP contribution in [0, 0.1) is 0 Å². The van der Waals surface area contributed by atoms with Gasteiger partial charge in [-0.25, -0.2) is 0 Å². The van der Waals surface area contributed by atoms with Gasteiger partial charge < -0.3 is 10.6 Å². The van der Waals surface area contributed by atoms with Crippen molar-refractivity contribution in [1.29, 1.82) is 0 Å². The van der Waals surface area contributed by atoms with Crippen LogP contribution < -0.4 is 5.73 Å². The van der Waals surface area contributed by atoms with Crippen LogP contribution in [0.1, 0.15) is 30.0 Å². The predicted octanol–water partition coefficient (Wildman–Crippen LogP) is 2.69. The number of fused-ring (bicyclic) bond motifs is 1. The van der Waals surface area contributed by atoms with Gasteiger partial charge in [0.1, 0.15) is 0 Å². The Labute approximate surface area is 115 Å². The zero-order chi connectivity index (χ0) is 13.0. The van der Waals surface area contributed by atoms with E-state index in [-0.39, 0.29) is 6.04 Å². The summed E-state index contributed by atoms with van der Waals surface area (Å²) in [5.74, 6) is 1.17. The lowest BCUT2D eigenvalue weighted by molar-refractivity contribution is 0.437. The molecule has 0 saturated carbocycles. The fourth-order valence-electron chi connectivity index (χ4n) is 2.53. The second-order valence-corrected chi connectivity index (χ2v) is 6.68. The van der Waals surface area contributed by atoms with E-state index >= 15 is 0 Å². The molecule has 0 radical (unpaired) electrons. The van der Waals surface area contributed by atoms with E-state index in [9.17, 15) is 0 Å². The van der Waals surface area contributed by atoms with Gasteiger partial charge in [0, 0.05) is 23.6 Å². The van der Waals surface area contributed by atoms with Gasteiger partial charge in [0.25, 0.3) is 0 Å². The SMILES string of the molecule is CN(C)CCSC1CCCc2ccccc2C1N. The highest BCUT2D eigenvalue weighted by Crippen LogP contribution is 2.34. The Morgan fingerprint density at radius 3 is 2.89 bits per heavy atom. The first-order valence-corrected chi connectivity index (χ1v) is 7.83. The topological polar surface area (TPSA) is 29.3 Å². The lowest BCUT2D eigenvalue weighted by atomic mass is 10.00. The molecule has 2 rings (SSSR count). The van der Waals surface area contributed by atoms with E-state index in [0.29, 0.717) is 5.25 Å². The molecule has 0 bridgehead atoms. The molecule has 3 heteroatoms. The van der Waals surface area contributed by atoms with Gasteiger partial charge >= 0.3 is 0 Å². The first-order valence-electron chi connectivity index (χ1n) is 6.78. The predicted molar refractivity (Wildman–Crippen MR) is 81.1 cm³/mol. The molecular weight excluding hydrogens is 240 g/mol. The largest absolute Gasteiger partial charge is 0.323 e. The Balaban J connectivity index is 2.01. The number of hydrogen-bond donors (Lipinski definition) is 1. The second-order valence-electron chi connectivity index (χ2n) is 5.33. The molecule has 0 aliphatic heterocycles. The zero-order valence-electron chi connectivity index (χ0n) is 11.4. The van der Waals surface area contributed by atoms with Crippen molar-refractivity contribution in [3.8, 4) is 0 Å². The van der Waals surface area contributed by atoms with Gasteiger partial charge in [0.15, 0.2) is 0 Å². The molecule has 0 fully saturated rings. The fourth-order valence-corrected chi connectivity index (χ4v) is 3.99. The monoisotopic (exact) mass is 264 g/mol. The highest BCUT2D eigenvalue weighted by molar-refractivity contribution is 7.99. The fraction of sp³-hybridized carbons (Fsp3) is 0.600. The number of benzene rings is 1. The summed E-state index contributed by atoms with van der Waals surface area (Å²) >= 11 is 2.04. The molecule has 0 amide bonds. The van der Waals surface area contributed by atoms with Crippen LogP contribution in [0.5, 0.6) is 0 Å². The van der Waals surface area contributed by atoms with E-state index in [1.807, 2.05) is 11.8 Å². The first kappa shape index (κ1) is 13.9. The maximum absolute atomic E-state index is 6.47. The molecule has 1 aliphatic rings. The van der Waals surface area contributed by atoms with Crippen LogP contribution in [0.15, 0.2) is 24.3 Å². The van der Waals surface area contributed by atoms with Crippen LogP contribution in [-0.2, 0) is 6.42 Å². The lowest BCUT2D eigenvalue weighted by Gasteiger charge is -2.23. The number of rotatable bonds is 4. The molecule has 0 spiro atoms. The first-order chi connectivity index (χ1) is 8.68. The summed E-state index contributed by atoms with van der Waals surface area (Å²) in [5.41, 5.74) is 9.30. The zero-order valence-corrected chi connectivity index (χ0v) is 12.2. The van der Waals surface area contributed by atoms with Crippen LogP contribution >= 0.6 is 11.8 Å². The number of nitrogens with zero attached hydrogens (tertiary/aromatic N) is 1. The van der Waals surface area contributed by atoms with E-state index in [4.69, 9.17) is 5.73 Å². The minimum atomic E-state index is 0.205. The average Bonchev–Trinajstić information content (AvgIpc) is 2.50. The summed E-state index contributed by atoms with van der Waals surface area (Å²) in [7, 11) is 4.26. The molecule has 0 heterocycles. The van der Waals surface area contributed by atoms with Crippen molar-refractivity contribution in [2.45, 2.75) is 30.6 Å². The van der Waals surface area contributed by atoms with Gasteiger partial charge in [-0.05, 0) is 44.5 Å². The lowest BCUT2D eigenvalue weighted by Crippen LogP contribution is -2.25. The Bertz CT molecular complexity index is 379. The number of aryl methyl sites for hydroxylation is 1. The van der Waals surface area contributed by atoms with Crippen molar-refractivity contribution >= 4 is 11.8 Å².